The van der Waals surface area contributed by atoms with Gasteiger partial charge in [0.25, 0.3) is 5.91 Å². The minimum atomic E-state index is -0.360. The van der Waals surface area contributed by atoms with Crippen molar-refractivity contribution in [3.8, 4) is 0 Å². The number of halogens is 1. The Kier molecular flexibility index (Phi) is 8.02. The van der Waals surface area contributed by atoms with Gasteiger partial charge in [-0.1, -0.05) is 6.92 Å². The molecular formula is C16H24ClN3O3. The van der Waals surface area contributed by atoms with Gasteiger partial charge < -0.3 is 20.7 Å². The van der Waals surface area contributed by atoms with Crippen molar-refractivity contribution in [3.63, 3.8) is 0 Å². The maximum atomic E-state index is 12.2. The van der Waals surface area contributed by atoms with Crippen LogP contribution in [0.2, 0.25) is 0 Å². The van der Waals surface area contributed by atoms with E-state index in [0.29, 0.717) is 30.9 Å². The molecule has 1 fully saturated rings. The van der Waals surface area contributed by atoms with Crippen molar-refractivity contribution in [2.45, 2.75) is 32.4 Å². The summed E-state index contributed by atoms with van der Waals surface area (Å²) in [5.74, 6) is -0.230. The number of carbonyl (C=O) groups is 2. The van der Waals surface area contributed by atoms with Crippen molar-refractivity contribution in [3.05, 3.63) is 29.8 Å². The molecule has 3 N–H and O–H groups in total. The van der Waals surface area contributed by atoms with Crippen LogP contribution in [0.25, 0.3) is 0 Å². The summed E-state index contributed by atoms with van der Waals surface area (Å²) >= 11 is 0. The Balaban J connectivity index is 0.00000264. The molecule has 7 heteroatoms. The molecule has 0 unspecified atom stereocenters. The third-order valence-corrected chi connectivity index (χ3v) is 3.55. The smallest absolute Gasteiger partial charge is 0.251 e. The number of benzene rings is 1. The fraction of sp³-hybridized carbons (Fsp3) is 0.500. The van der Waals surface area contributed by atoms with Gasteiger partial charge in [-0.15, -0.1) is 12.4 Å². The van der Waals surface area contributed by atoms with Crippen LogP contribution in [-0.2, 0) is 9.53 Å². The zero-order valence-electron chi connectivity index (χ0n) is 13.4. The monoisotopic (exact) mass is 341 g/mol. The highest BCUT2D eigenvalue weighted by atomic mass is 35.5. The maximum absolute atomic E-state index is 12.2. The largest absolute Gasteiger partial charge is 0.375 e. The lowest BCUT2D eigenvalue weighted by Gasteiger charge is -2.29. The Morgan fingerprint density at radius 3 is 2.61 bits per heavy atom. The molecule has 2 amide bonds. The van der Waals surface area contributed by atoms with E-state index < -0.39 is 0 Å². The highest BCUT2D eigenvalue weighted by molar-refractivity contribution is 5.97. The molecule has 128 valence electrons. The Morgan fingerprint density at radius 1 is 1.30 bits per heavy atom. The quantitative estimate of drug-likeness (QED) is 0.759. The lowest BCUT2D eigenvalue weighted by Crippen LogP contribution is -2.53. The summed E-state index contributed by atoms with van der Waals surface area (Å²) in [5.41, 5.74) is 1.25. The SMILES string of the molecule is CCCNC(=O)c1ccc(NC(=O)[C@H]2NCCO[C@@H]2C)cc1.Cl. The van der Waals surface area contributed by atoms with Crippen LogP contribution in [-0.4, -0.2) is 43.7 Å². The summed E-state index contributed by atoms with van der Waals surface area (Å²) in [4.78, 5) is 24.0. The number of ether oxygens (including phenoxy) is 1. The van der Waals surface area contributed by atoms with Gasteiger partial charge >= 0.3 is 0 Å². The lowest BCUT2D eigenvalue weighted by atomic mass is 10.1. The fourth-order valence-corrected chi connectivity index (χ4v) is 2.29. The van der Waals surface area contributed by atoms with E-state index in [0.717, 1.165) is 6.42 Å². The van der Waals surface area contributed by atoms with E-state index >= 15 is 0 Å². The standard InChI is InChI=1S/C16H23N3O3.ClH/c1-3-8-18-15(20)12-4-6-13(7-5-12)19-16(21)14-11(2)22-10-9-17-14;/h4-7,11,14,17H,3,8-10H2,1-2H3,(H,18,20)(H,19,21);1H/t11-,14+;/m1./s1. The van der Waals surface area contributed by atoms with Crippen molar-refractivity contribution in [2.75, 3.05) is 25.0 Å². The first-order chi connectivity index (χ1) is 10.6. The van der Waals surface area contributed by atoms with Crippen LogP contribution >= 0.6 is 12.4 Å². The molecule has 2 rings (SSSR count). The molecule has 0 saturated carbocycles. The Hall–Kier alpha value is -1.63. The highest BCUT2D eigenvalue weighted by Crippen LogP contribution is 2.12. The van der Waals surface area contributed by atoms with Gasteiger partial charge in [-0.2, -0.15) is 0 Å². The summed E-state index contributed by atoms with van der Waals surface area (Å²) in [6.45, 7) is 5.81. The average molecular weight is 342 g/mol. The first-order valence-corrected chi connectivity index (χ1v) is 7.66. The molecule has 0 bridgehead atoms. The Labute approximate surface area is 142 Å². The second kappa shape index (κ2) is 9.50. The molecule has 0 spiro atoms. The van der Waals surface area contributed by atoms with E-state index in [4.69, 9.17) is 4.74 Å². The third kappa shape index (κ3) is 5.49. The van der Waals surface area contributed by atoms with Crippen molar-refractivity contribution in [1.29, 1.82) is 0 Å². The van der Waals surface area contributed by atoms with Gasteiger partial charge in [0.2, 0.25) is 5.91 Å². The molecular weight excluding hydrogens is 318 g/mol. The molecule has 1 heterocycles. The summed E-state index contributed by atoms with van der Waals surface area (Å²) < 4.78 is 5.46. The number of nitrogens with one attached hydrogen (secondary N) is 3. The number of rotatable bonds is 5. The van der Waals surface area contributed by atoms with E-state index in [1.807, 2.05) is 13.8 Å². The molecule has 0 aliphatic carbocycles. The lowest BCUT2D eigenvalue weighted by molar-refractivity contribution is -0.123. The molecule has 1 aromatic carbocycles. The van der Waals surface area contributed by atoms with Gasteiger partial charge in [0.15, 0.2) is 0 Å². The number of morpholine rings is 1. The zero-order valence-corrected chi connectivity index (χ0v) is 14.2. The van der Waals surface area contributed by atoms with Crippen LogP contribution in [0.1, 0.15) is 30.6 Å². The van der Waals surface area contributed by atoms with E-state index in [2.05, 4.69) is 16.0 Å². The first kappa shape index (κ1) is 19.4. The van der Waals surface area contributed by atoms with Crippen LogP contribution in [0.4, 0.5) is 5.69 Å². The molecule has 0 radical (unpaired) electrons. The average Bonchev–Trinajstić information content (AvgIpc) is 2.53. The number of hydrogen-bond donors (Lipinski definition) is 3. The topological polar surface area (TPSA) is 79.5 Å². The maximum Gasteiger partial charge on any atom is 0.251 e. The van der Waals surface area contributed by atoms with Crippen molar-refractivity contribution in [2.24, 2.45) is 0 Å². The van der Waals surface area contributed by atoms with E-state index in [1.165, 1.54) is 0 Å². The summed E-state index contributed by atoms with van der Waals surface area (Å²) in [6.07, 6.45) is 0.738. The normalized spacial score (nSPS) is 20.3. The molecule has 1 aliphatic rings. The van der Waals surface area contributed by atoms with Crippen molar-refractivity contribution >= 4 is 29.9 Å². The number of hydrogen-bond acceptors (Lipinski definition) is 4. The van der Waals surface area contributed by atoms with Gasteiger partial charge in [0.1, 0.15) is 6.04 Å². The van der Waals surface area contributed by atoms with Gasteiger partial charge in [-0.3, -0.25) is 9.59 Å². The van der Waals surface area contributed by atoms with Gasteiger partial charge in [0.05, 0.1) is 12.7 Å². The van der Waals surface area contributed by atoms with Crippen LogP contribution in [0.3, 0.4) is 0 Å². The van der Waals surface area contributed by atoms with Gasteiger partial charge in [-0.05, 0) is 37.6 Å². The van der Waals surface area contributed by atoms with Crippen LogP contribution in [0.5, 0.6) is 0 Å². The second-order valence-corrected chi connectivity index (χ2v) is 5.33. The summed E-state index contributed by atoms with van der Waals surface area (Å²) in [7, 11) is 0. The molecule has 0 aromatic heterocycles. The minimum Gasteiger partial charge on any atom is -0.375 e. The van der Waals surface area contributed by atoms with Crippen LogP contribution < -0.4 is 16.0 Å². The first-order valence-electron chi connectivity index (χ1n) is 7.66. The van der Waals surface area contributed by atoms with Crippen LogP contribution in [0, 0.1) is 0 Å². The predicted octanol–water partition coefficient (Wildman–Crippen LogP) is 1.56. The molecule has 6 nitrogen and oxygen atoms in total. The number of amides is 2. The van der Waals surface area contributed by atoms with E-state index in [-0.39, 0.29) is 36.4 Å². The Morgan fingerprint density at radius 2 is 2.00 bits per heavy atom. The number of carbonyl (C=O) groups excluding carboxylic acids is 2. The molecule has 23 heavy (non-hydrogen) atoms. The summed E-state index contributed by atoms with van der Waals surface area (Å²) in [5, 5.41) is 8.79. The van der Waals surface area contributed by atoms with Crippen molar-refractivity contribution in [1.82, 2.24) is 10.6 Å². The second-order valence-electron chi connectivity index (χ2n) is 5.33. The fourth-order valence-electron chi connectivity index (χ4n) is 2.29. The molecule has 1 aliphatic heterocycles. The number of anilines is 1. The van der Waals surface area contributed by atoms with E-state index in [1.54, 1.807) is 24.3 Å². The minimum absolute atomic E-state index is 0. The predicted molar refractivity (Wildman–Crippen MR) is 92.1 cm³/mol. The molecule has 1 aromatic rings. The van der Waals surface area contributed by atoms with Crippen molar-refractivity contribution < 1.29 is 14.3 Å². The van der Waals surface area contributed by atoms with Gasteiger partial charge in [-0.25, -0.2) is 0 Å². The summed E-state index contributed by atoms with van der Waals surface area (Å²) in [6, 6.07) is 6.51. The molecule has 1 saturated heterocycles. The zero-order chi connectivity index (χ0) is 15.9. The van der Waals surface area contributed by atoms with E-state index in [9.17, 15) is 9.59 Å². The van der Waals surface area contributed by atoms with Gasteiger partial charge in [0, 0.05) is 24.3 Å². The third-order valence-electron chi connectivity index (χ3n) is 3.55. The van der Waals surface area contributed by atoms with Crippen LogP contribution in [0.15, 0.2) is 24.3 Å². The Bertz CT molecular complexity index is 522. The molecule has 2 atom stereocenters. The highest BCUT2D eigenvalue weighted by Gasteiger charge is 2.28.